The summed E-state index contributed by atoms with van der Waals surface area (Å²) in [7, 11) is 0. The third kappa shape index (κ3) is 3.44. The van der Waals surface area contributed by atoms with Crippen LogP contribution in [0.4, 0.5) is 24.5 Å². The van der Waals surface area contributed by atoms with Crippen molar-refractivity contribution < 1.29 is 13.2 Å². The van der Waals surface area contributed by atoms with E-state index in [0.717, 1.165) is 23.4 Å². The monoisotopic (exact) mass is 283 g/mol. The van der Waals surface area contributed by atoms with Crippen molar-refractivity contribution in [2.24, 2.45) is 0 Å². The maximum atomic E-state index is 12.6. The number of thiol groups is 1. The van der Waals surface area contributed by atoms with Gasteiger partial charge in [-0.3, -0.25) is 0 Å². The molecule has 1 nitrogen and oxygen atoms in total. The second kappa shape index (κ2) is 5.57. The standard InChI is InChI=1S/C14H12F3NS/c15-14(16,17)11-5-3-6-12(8-11)18-13-7-2-1-4-10(13)9-19/h1-8,18-19H,9H2. The van der Waals surface area contributed by atoms with Crippen molar-refractivity contribution in [3.05, 3.63) is 59.7 Å². The first-order valence-electron chi connectivity index (χ1n) is 5.64. The Morgan fingerprint density at radius 2 is 1.74 bits per heavy atom. The average molecular weight is 283 g/mol. The lowest BCUT2D eigenvalue weighted by Gasteiger charge is -2.12. The molecule has 0 amide bonds. The molecule has 0 spiro atoms. The van der Waals surface area contributed by atoms with Crippen molar-refractivity contribution in [3.8, 4) is 0 Å². The molecule has 0 radical (unpaired) electrons. The van der Waals surface area contributed by atoms with Crippen LogP contribution < -0.4 is 5.32 Å². The summed E-state index contributed by atoms with van der Waals surface area (Å²) >= 11 is 4.19. The molecule has 0 aliphatic rings. The zero-order valence-corrected chi connectivity index (χ0v) is 10.8. The van der Waals surface area contributed by atoms with Crippen molar-refractivity contribution in [1.29, 1.82) is 0 Å². The number of benzene rings is 2. The normalized spacial score (nSPS) is 11.4. The van der Waals surface area contributed by atoms with E-state index in [1.165, 1.54) is 6.07 Å². The molecule has 0 aliphatic carbocycles. The van der Waals surface area contributed by atoms with Gasteiger partial charge in [-0.1, -0.05) is 24.3 Å². The fourth-order valence-electron chi connectivity index (χ4n) is 1.71. The molecule has 19 heavy (non-hydrogen) atoms. The Labute approximate surface area is 114 Å². The Balaban J connectivity index is 2.29. The van der Waals surface area contributed by atoms with Crippen LogP contribution in [-0.4, -0.2) is 0 Å². The van der Waals surface area contributed by atoms with Crippen LogP contribution in [0.3, 0.4) is 0 Å². The van der Waals surface area contributed by atoms with Gasteiger partial charge in [-0.05, 0) is 29.8 Å². The number of halogens is 3. The molecular formula is C14H12F3NS. The maximum Gasteiger partial charge on any atom is 0.416 e. The highest BCUT2D eigenvalue weighted by molar-refractivity contribution is 7.79. The highest BCUT2D eigenvalue weighted by Crippen LogP contribution is 2.31. The van der Waals surface area contributed by atoms with Gasteiger partial charge in [-0.15, -0.1) is 0 Å². The molecule has 0 saturated heterocycles. The van der Waals surface area contributed by atoms with Crippen molar-refractivity contribution in [3.63, 3.8) is 0 Å². The summed E-state index contributed by atoms with van der Waals surface area (Å²) in [5.74, 6) is 0.516. The minimum absolute atomic E-state index is 0.407. The Bertz CT molecular complexity index is 567. The summed E-state index contributed by atoms with van der Waals surface area (Å²) in [4.78, 5) is 0. The average Bonchev–Trinajstić information content (AvgIpc) is 2.39. The molecule has 0 bridgehead atoms. The molecule has 0 aliphatic heterocycles. The molecule has 2 aromatic carbocycles. The minimum atomic E-state index is -4.33. The first-order valence-corrected chi connectivity index (χ1v) is 6.27. The molecular weight excluding hydrogens is 271 g/mol. The molecule has 2 aromatic rings. The number of nitrogens with one attached hydrogen (secondary N) is 1. The van der Waals surface area contributed by atoms with E-state index in [1.807, 2.05) is 24.3 Å². The van der Waals surface area contributed by atoms with E-state index in [1.54, 1.807) is 6.07 Å². The van der Waals surface area contributed by atoms with Crippen molar-refractivity contribution in [1.82, 2.24) is 0 Å². The van der Waals surface area contributed by atoms with E-state index in [-0.39, 0.29) is 0 Å². The quantitative estimate of drug-likeness (QED) is 0.765. The third-order valence-corrected chi connectivity index (χ3v) is 3.00. The highest BCUT2D eigenvalue weighted by atomic mass is 32.1. The smallest absolute Gasteiger partial charge is 0.355 e. The number of anilines is 2. The van der Waals surface area contributed by atoms with Gasteiger partial charge in [0.05, 0.1) is 5.56 Å². The van der Waals surface area contributed by atoms with Gasteiger partial charge in [-0.2, -0.15) is 25.8 Å². The van der Waals surface area contributed by atoms with Crippen LogP contribution >= 0.6 is 12.6 Å². The van der Waals surface area contributed by atoms with Crippen LogP contribution in [0.25, 0.3) is 0 Å². The molecule has 0 unspecified atom stereocenters. The Morgan fingerprint density at radius 1 is 1.00 bits per heavy atom. The minimum Gasteiger partial charge on any atom is -0.355 e. The first kappa shape index (κ1) is 13.8. The zero-order chi connectivity index (χ0) is 13.9. The molecule has 0 fully saturated rings. The third-order valence-electron chi connectivity index (χ3n) is 2.66. The zero-order valence-electron chi connectivity index (χ0n) is 9.91. The van der Waals surface area contributed by atoms with Gasteiger partial charge in [0, 0.05) is 17.1 Å². The van der Waals surface area contributed by atoms with E-state index in [0.29, 0.717) is 11.4 Å². The fourth-order valence-corrected chi connectivity index (χ4v) is 1.98. The van der Waals surface area contributed by atoms with Crippen molar-refractivity contribution in [2.45, 2.75) is 11.9 Å². The number of rotatable bonds is 3. The van der Waals surface area contributed by atoms with Crippen LogP contribution in [0.5, 0.6) is 0 Å². The topological polar surface area (TPSA) is 12.0 Å². The Morgan fingerprint density at radius 3 is 2.42 bits per heavy atom. The Hall–Kier alpha value is -1.62. The van der Waals surface area contributed by atoms with E-state index < -0.39 is 11.7 Å². The molecule has 2 rings (SSSR count). The van der Waals surface area contributed by atoms with Crippen LogP contribution in [0.15, 0.2) is 48.5 Å². The lowest BCUT2D eigenvalue weighted by atomic mass is 10.1. The van der Waals surface area contributed by atoms with Gasteiger partial charge in [0.25, 0.3) is 0 Å². The van der Waals surface area contributed by atoms with Gasteiger partial charge < -0.3 is 5.32 Å². The first-order chi connectivity index (χ1) is 9.00. The second-order valence-electron chi connectivity index (χ2n) is 4.02. The molecule has 100 valence electrons. The molecule has 5 heteroatoms. The van der Waals surface area contributed by atoms with Crippen LogP contribution in [0, 0.1) is 0 Å². The van der Waals surface area contributed by atoms with Crippen LogP contribution in [0.2, 0.25) is 0 Å². The number of para-hydroxylation sites is 1. The van der Waals surface area contributed by atoms with E-state index in [2.05, 4.69) is 17.9 Å². The summed E-state index contributed by atoms with van der Waals surface area (Å²) in [6, 6.07) is 12.5. The van der Waals surface area contributed by atoms with Crippen LogP contribution in [-0.2, 0) is 11.9 Å². The summed E-state index contributed by atoms with van der Waals surface area (Å²) in [6.45, 7) is 0. The lowest BCUT2D eigenvalue weighted by molar-refractivity contribution is -0.137. The number of hydrogen-bond acceptors (Lipinski definition) is 2. The van der Waals surface area contributed by atoms with Gasteiger partial charge in [0.15, 0.2) is 0 Å². The SMILES string of the molecule is FC(F)(F)c1cccc(Nc2ccccc2CS)c1. The van der Waals surface area contributed by atoms with Gasteiger partial charge in [0.1, 0.15) is 0 Å². The summed E-state index contributed by atoms with van der Waals surface area (Å²) in [5.41, 5.74) is 1.44. The van der Waals surface area contributed by atoms with Gasteiger partial charge in [-0.25, -0.2) is 0 Å². The fraction of sp³-hybridized carbons (Fsp3) is 0.143. The van der Waals surface area contributed by atoms with Gasteiger partial charge >= 0.3 is 6.18 Å². The van der Waals surface area contributed by atoms with Gasteiger partial charge in [0.2, 0.25) is 0 Å². The molecule has 0 saturated carbocycles. The number of alkyl halides is 3. The predicted octanol–water partition coefficient (Wildman–Crippen LogP) is 4.88. The number of hydrogen-bond donors (Lipinski definition) is 2. The van der Waals surface area contributed by atoms with E-state index >= 15 is 0 Å². The van der Waals surface area contributed by atoms with E-state index in [4.69, 9.17) is 0 Å². The molecule has 0 heterocycles. The summed E-state index contributed by atoms with van der Waals surface area (Å²) in [6.07, 6.45) is -4.33. The molecule has 1 N–H and O–H groups in total. The highest BCUT2D eigenvalue weighted by Gasteiger charge is 2.30. The summed E-state index contributed by atoms with van der Waals surface area (Å²) < 4.78 is 37.8. The van der Waals surface area contributed by atoms with E-state index in [9.17, 15) is 13.2 Å². The molecule has 0 aromatic heterocycles. The maximum absolute atomic E-state index is 12.6. The Kier molecular flexibility index (Phi) is 4.04. The predicted molar refractivity (Wildman–Crippen MR) is 73.9 cm³/mol. The summed E-state index contributed by atoms with van der Waals surface area (Å²) in [5, 5.41) is 2.99. The van der Waals surface area contributed by atoms with Crippen molar-refractivity contribution >= 4 is 24.0 Å². The largest absolute Gasteiger partial charge is 0.416 e. The van der Waals surface area contributed by atoms with Crippen LogP contribution in [0.1, 0.15) is 11.1 Å². The lowest BCUT2D eigenvalue weighted by Crippen LogP contribution is -2.05. The second-order valence-corrected chi connectivity index (χ2v) is 4.34. The van der Waals surface area contributed by atoms with Crippen molar-refractivity contribution in [2.75, 3.05) is 5.32 Å². The molecule has 0 atom stereocenters.